The Morgan fingerprint density at radius 1 is 0.313 bits per heavy atom. The van der Waals surface area contributed by atoms with Gasteiger partial charge in [-0.15, -0.1) is 0 Å². The summed E-state index contributed by atoms with van der Waals surface area (Å²) in [5, 5.41) is 0. The first-order valence-electron chi connectivity index (χ1n) is 28.8. The Morgan fingerprint density at radius 2 is 0.582 bits per heavy atom. The van der Waals surface area contributed by atoms with Crippen molar-refractivity contribution in [2.24, 2.45) is 0 Å². The van der Waals surface area contributed by atoms with Crippen molar-refractivity contribution in [1.82, 2.24) is 0 Å². The highest BCUT2D eigenvalue weighted by molar-refractivity contribution is 5.71. The lowest BCUT2D eigenvalue weighted by atomic mass is 10.0. The van der Waals surface area contributed by atoms with E-state index in [1.54, 1.807) is 0 Å². The SMILES string of the molecule is CC/C=C\C/C=C\C/C=C\C/C=C\CCCCC(=O)OC(COC(=O)CCCCCCC)COC(=O)CCCCCCCCCCCCCCCCCCC/C=C\CCCCCCCCCC. The van der Waals surface area contributed by atoms with E-state index >= 15 is 0 Å². The van der Waals surface area contributed by atoms with Gasteiger partial charge in [-0.05, 0) is 83.5 Å². The maximum Gasteiger partial charge on any atom is 0.306 e. The highest BCUT2D eigenvalue weighted by atomic mass is 16.6. The molecule has 0 aromatic heterocycles. The fraction of sp³-hybridized carbons (Fsp3) is 0.787. The van der Waals surface area contributed by atoms with Gasteiger partial charge in [-0.25, -0.2) is 0 Å². The molecular weight excluding hydrogens is 829 g/mol. The first-order valence-corrected chi connectivity index (χ1v) is 28.8. The number of hydrogen-bond acceptors (Lipinski definition) is 6. The first kappa shape index (κ1) is 64.1. The van der Waals surface area contributed by atoms with Crippen LogP contribution in [0.2, 0.25) is 0 Å². The largest absolute Gasteiger partial charge is 0.462 e. The van der Waals surface area contributed by atoms with Crippen molar-refractivity contribution in [1.29, 1.82) is 0 Å². The average molecular weight is 938 g/mol. The predicted molar refractivity (Wildman–Crippen MR) is 288 cm³/mol. The molecule has 0 bridgehead atoms. The van der Waals surface area contributed by atoms with Crippen LogP contribution in [0.4, 0.5) is 0 Å². The zero-order chi connectivity index (χ0) is 48.6. The molecule has 388 valence electrons. The summed E-state index contributed by atoms with van der Waals surface area (Å²) in [7, 11) is 0. The van der Waals surface area contributed by atoms with Crippen LogP contribution in [0.15, 0.2) is 60.8 Å². The second kappa shape index (κ2) is 55.7. The van der Waals surface area contributed by atoms with Gasteiger partial charge in [0.1, 0.15) is 13.2 Å². The molecule has 0 saturated heterocycles. The van der Waals surface area contributed by atoms with Crippen molar-refractivity contribution in [3.05, 3.63) is 60.8 Å². The van der Waals surface area contributed by atoms with Crippen molar-refractivity contribution in [2.75, 3.05) is 13.2 Å². The molecule has 0 aliphatic carbocycles. The summed E-state index contributed by atoms with van der Waals surface area (Å²) in [5.74, 6) is -0.938. The van der Waals surface area contributed by atoms with Crippen molar-refractivity contribution < 1.29 is 28.6 Å². The Bertz CT molecular complexity index is 1210. The predicted octanol–water partition coefficient (Wildman–Crippen LogP) is 19.2. The molecule has 0 amide bonds. The summed E-state index contributed by atoms with van der Waals surface area (Å²) in [5.41, 5.74) is 0. The minimum absolute atomic E-state index is 0.0892. The molecule has 67 heavy (non-hydrogen) atoms. The smallest absolute Gasteiger partial charge is 0.306 e. The van der Waals surface area contributed by atoms with Crippen LogP contribution in [0.25, 0.3) is 0 Å². The molecule has 1 atom stereocenters. The van der Waals surface area contributed by atoms with Crippen molar-refractivity contribution >= 4 is 17.9 Å². The van der Waals surface area contributed by atoms with Crippen molar-refractivity contribution in [3.63, 3.8) is 0 Å². The number of ether oxygens (including phenoxy) is 3. The molecule has 0 aromatic rings. The highest BCUT2D eigenvalue weighted by Crippen LogP contribution is 2.16. The molecule has 0 rings (SSSR count). The number of hydrogen-bond donors (Lipinski definition) is 0. The topological polar surface area (TPSA) is 78.9 Å². The number of allylic oxidation sites excluding steroid dienone is 10. The molecule has 0 radical (unpaired) electrons. The Hall–Kier alpha value is -2.89. The summed E-state index contributed by atoms with van der Waals surface area (Å²) in [4.78, 5) is 37.7. The standard InChI is InChI=1S/C61H108O6/c1-4-7-10-13-15-17-19-21-23-24-25-26-27-28-29-30-31-32-33-34-35-36-38-39-41-43-45-48-51-54-60(63)66-57-58(56-65-59(62)53-50-47-12-9-6-3)67-61(64)55-52-49-46-44-42-40-37-22-20-18-16-14-11-8-5-2/h8,11,16,18,22,24-25,37,42,44,58H,4-7,9-10,12-15,17,19-21,23,26-36,38-41,43,45-57H2,1-3H3/b11-8-,18-16-,25-24-,37-22-,44-42-. The van der Waals surface area contributed by atoms with E-state index in [-0.39, 0.29) is 37.5 Å². The number of unbranched alkanes of at least 4 members (excludes halogenated alkanes) is 31. The lowest BCUT2D eigenvalue weighted by molar-refractivity contribution is -0.167. The Balaban J connectivity index is 4.00. The normalized spacial score (nSPS) is 12.5. The lowest BCUT2D eigenvalue weighted by Gasteiger charge is -2.18. The molecule has 1 unspecified atom stereocenters. The molecule has 0 heterocycles. The van der Waals surface area contributed by atoms with Gasteiger partial charge in [0, 0.05) is 19.3 Å². The zero-order valence-electron chi connectivity index (χ0n) is 44.4. The maximum atomic E-state index is 12.7. The summed E-state index contributed by atoms with van der Waals surface area (Å²) in [6.07, 6.45) is 70.0. The molecule has 0 spiro atoms. The molecule has 0 fully saturated rings. The van der Waals surface area contributed by atoms with Crippen LogP contribution in [-0.2, 0) is 28.6 Å². The van der Waals surface area contributed by atoms with E-state index in [4.69, 9.17) is 14.2 Å². The van der Waals surface area contributed by atoms with Gasteiger partial charge in [0.05, 0.1) is 0 Å². The van der Waals surface area contributed by atoms with Gasteiger partial charge in [-0.1, -0.05) is 248 Å². The second-order valence-corrected chi connectivity index (χ2v) is 19.2. The van der Waals surface area contributed by atoms with Crippen LogP contribution >= 0.6 is 0 Å². The zero-order valence-corrected chi connectivity index (χ0v) is 44.4. The maximum absolute atomic E-state index is 12.7. The quantitative estimate of drug-likeness (QED) is 0.0262. The molecular formula is C61H108O6. The van der Waals surface area contributed by atoms with E-state index in [1.807, 2.05) is 0 Å². The third-order valence-electron chi connectivity index (χ3n) is 12.5. The second-order valence-electron chi connectivity index (χ2n) is 19.2. The summed E-state index contributed by atoms with van der Waals surface area (Å²) in [6.45, 7) is 6.42. The first-order chi connectivity index (χ1) is 33.0. The molecule has 0 aliphatic rings. The average Bonchev–Trinajstić information content (AvgIpc) is 3.33. The van der Waals surface area contributed by atoms with Gasteiger partial charge in [-0.3, -0.25) is 14.4 Å². The summed E-state index contributed by atoms with van der Waals surface area (Å²) in [6, 6.07) is 0. The number of esters is 3. The van der Waals surface area contributed by atoms with Gasteiger partial charge in [0.25, 0.3) is 0 Å². The summed E-state index contributed by atoms with van der Waals surface area (Å²) < 4.78 is 16.7. The molecule has 0 aromatic carbocycles. The van der Waals surface area contributed by atoms with E-state index in [1.165, 1.54) is 161 Å². The van der Waals surface area contributed by atoms with E-state index in [2.05, 4.69) is 81.5 Å². The molecule has 6 heteroatoms. The molecule has 6 nitrogen and oxygen atoms in total. The van der Waals surface area contributed by atoms with Crippen molar-refractivity contribution in [2.45, 2.75) is 297 Å². The fourth-order valence-electron chi connectivity index (χ4n) is 8.19. The van der Waals surface area contributed by atoms with E-state index in [0.29, 0.717) is 19.3 Å². The van der Waals surface area contributed by atoms with Crippen LogP contribution in [0.1, 0.15) is 290 Å². The van der Waals surface area contributed by atoms with Crippen LogP contribution in [0.5, 0.6) is 0 Å². The van der Waals surface area contributed by atoms with Crippen LogP contribution < -0.4 is 0 Å². The Labute approximate surface area is 415 Å². The fourth-order valence-corrected chi connectivity index (χ4v) is 8.19. The van der Waals surface area contributed by atoms with E-state index in [9.17, 15) is 14.4 Å². The van der Waals surface area contributed by atoms with Gasteiger partial charge in [0.2, 0.25) is 0 Å². The van der Waals surface area contributed by atoms with Gasteiger partial charge >= 0.3 is 17.9 Å². The lowest BCUT2D eigenvalue weighted by Crippen LogP contribution is -2.30. The number of rotatable bonds is 52. The van der Waals surface area contributed by atoms with E-state index in [0.717, 1.165) is 83.5 Å². The van der Waals surface area contributed by atoms with Gasteiger partial charge < -0.3 is 14.2 Å². The summed E-state index contributed by atoms with van der Waals surface area (Å²) >= 11 is 0. The van der Waals surface area contributed by atoms with Gasteiger partial charge in [0.15, 0.2) is 6.10 Å². The van der Waals surface area contributed by atoms with Gasteiger partial charge in [-0.2, -0.15) is 0 Å². The minimum atomic E-state index is -0.790. The van der Waals surface area contributed by atoms with Crippen LogP contribution in [0, 0.1) is 0 Å². The number of carbonyl (C=O) groups is 3. The third-order valence-corrected chi connectivity index (χ3v) is 12.5. The van der Waals surface area contributed by atoms with E-state index < -0.39 is 6.10 Å². The molecule has 0 aliphatic heterocycles. The monoisotopic (exact) mass is 937 g/mol. The Morgan fingerprint density at radius 3 is 0.955 bits per heavy atom. The molecule has 0 saturated carbocycles. The van der Waals surface area contributed by atoms with Crippen molar-refractivity contribution in [3.8, 4) is 0 Å². The van der Waals surface area contributed by atoms with Crippen LogP contribution in [-0.4, -0.2) is 37.2 Å². The minimum Gasteiger partial charge on any atom is -0.462 e. The third kappa shape index (κ3) is 53.9. The highest BCUT2D eigenvalue weighted by Gasteiger charge is 2.19. The Kier molecular flexibility index (Phi) is 53.3. The molecule has 0 N–H and O–H groups in total. The number of carbonyl (C=O) groups excluding carboxylic acids is 3. The van der Waals surface area contributed by atoms with Crippen LogP contribution in [0.3, 0.4) is 0 Å².